The molecule has 0 radical (unpaired) electrons. The monoisotopic (exact) mass is 332 g/mol. The number of likely N-dealkylation sites (tertiary alicyclic amines) is 1. The highest BCUT2D eigenvalue weighted by molar-refractivity contribution is 7.89. The zero-order chi connectivity index (χ0) is 15.6. The van der Waals surface area contributed by atoms with E-state index in [4.69, 9.17) is 9.47 Å². The molecule has 3 fully saturated rings. The van der Waals surface area contributed by atoms with Crippen LogP contribution in [0.5, 0.6) is 0 Å². The molecule has 8 heteroatoms. The molecule has 0 aromatic carbocycles. The Morgan fingerprint density at radius 2 is 1.73 bits per heavy atom. The van der Waals surface area contributed by atoms with Gasteiger partial charge >= 0.3 is 0 Å². The lowest BCUT2D eigenvalue weighted by molar-refractivity contribution is -0.187. The molecule has 7 nitrogen and oxygen atoms in total. The maximum Gasteiger partial charge on any atom is 0.223 e. The van der Waals surface area contributed by atoms with Crippen molar-refractivity contribution in [3.63, 3.8) is 0 Å². The molecule has 0 aliphatic carbocycles. The van der Waals surface area contributed by atoms with Crippen LogP contribution in [0.2, 0.25) is 0 Å². The number of piperidine rings is 1. The van der Waals surface area contributed by atoms with E-state index in [-0.39, 0.29) is 18.1 Å². The van der Waals surface area contributed by atoms with Crippen LogP contribution in [-0.4, -0.2) is 74.5 Å². The molecule has 126 valence electrons. The minimum Gasteiger partial charge on any atom is -0.347 e. The molecule has 1 amide bonds. The molecular formula is C14H24N2O5S. The van der Waals surface area contributed by atoms with E-state index in [0.717, 1.165) is 12.8 Å². The number of sulfonamides is 1. The Hall–Kier alpha value is -0.700. The SMILES string of the molecule is O=C(CCN1CCCCS1(=O)=O)N1CCC2(CC1)OCCO2. The maximum absolute atomic E-state index is 12.3. The predicted octanol–water partition coefficient (Wildman–Crippen LogP) is 0.168. The van der Waals surface area contributed by atoms with Crippen LogP contribution in [0.25, 0.3) is 0 Å². The summed E-state index contributed by atoms with van der Waals surface area (Å²) in [5.41, 5.74) is 0. The van der Waals surface area contributed by atoms with E-state index < -0.39 is 15.8 Å². The molecule has 0 atom stereocenters. The predicted molar refractivity (Wildman–Crippen MR) is 79.7 cm³/mol. The van der Waals surface area contributed by atoms with Crippen molar-refractivity contribution in [3.8, 4) is 0 Å². The Bertz CT molecular complexity index is 505. The zero-order valence-electron chi connectivity index (χ0n) is 12.8. The van der Waals surface area contributed by atoms with Crippen molar-refractivity contribution in [2.45, 2.75) is 37.9 Å². The Kier molecular flexibility index (Phi) is 4.72. The fourth-order valence-electron chi connectivity index (χ4n) is 3.35. The summed E-state index contributed by atoms with van der Waals surface area (Å²) in [6.07, 6.45) is 3.25. The number of rotatable bonds is 3. The summed E-state index contributed by atoms with van der Waals surface area (Å²) in [5, 5.41) is 0. The highest BCUT2D eigenvalue weighted by Crippen LogP contribution is 2.31. The van der Waals surface area contributed by atoms with Gasteiger partial charge in [-0.3, -0.25) is 4.79 Å². The van der Waals surface area contributed by atoms with Gasteiger partial charge in [-0.25, -0.2) is 12.7 Å². The number of hydrogen-bond acceptors (Lipinski definition) is 5. The van der Waals surface area contributed by atoms with Gasteiger partial charge < -0.3 is 14.4 Å². The standard InChI is InChI=1S/C14H24N2O5S/c17-13(3-7-16-6-1-2-12-22(16,18)19)15-8-4-14(5-9-15)20-10-11-21-14/h1-12H2. The first-order valence-electron chi connectivity index (χ1n) is 8.04. The van der Waals surface area contributed by atoms with Crippen molar-refractivity contribution in [3.05, 3.63) is 0 Å². The van der Waals surface area contributed by atoms with Gasteiger partial charge in [-0.2, -0.15) is 0 Å². The average molecular weight is 332 g/mol. The second kappa shape index (κ2) is 6.43. The summed E-state index contributed by atoms with van der Waals surface area (Å²) in [6, 6.07) is 0. The Morgan fingerprint density at radius 3 is 2.36 bits per heavy atom. The lowest BCUT2D eigenvalue weighted by Gasteiger charge is -2.37. The van der Waals surface area contributed by atoms with E-state index in [2.05, 4.69) is 0 Å². The normalized spacial score (nSPS) is 28.1. The van der Waals surface area contributed by atoms with Crippen LogP contribution in [-0.2, 0) is 24.3 Å². The summed E-state index contributed by atoms with van der Waals surface area (Å²) >= 11 is 0. The second-order valence-corrected chi connectivity index (χ2v) is 8.25. The molecule has 0 aromatic heterocycles. The molecule has 3 heterocycles. The number of carbonyl (C=O) groups is 1. The molecule has 3 aliphatic rings. The first-order chi connectivity index (χ1) is 10.5. The fourth-order valence-corrected chi connectivity index (χ4v) is 4.96. The van der Waals surface area contributed by atoms with E-state index >= 15 is 0 Å². The lowest BCUT2D eigenvalue weighted by atomic mass is 10.0. The third-order valence-corrected chi connectivity index (χ3v) is 6.68. The van der Waals surface area contributed by atoms with Crippen LogP contribution >= 0.6 is 0 Å². The maximum atomic E-state index is 12.3. The van der Waals surface area contributed by atoms with E-state index in [1.165, 1.54) is 4.31 Å². The summed E-state index contributed by atoms with van der Waals surface area (Å²) in [7, 11) is -3.15. The minimum absolute atomic E-state index is 0.0219. The number of hydrogen-bond donors (Lipinski definition) is 0. The third kappa shape index (κ3) is 3.45. The van der Waals surface area contributed by atoms with Gasteiger partial charge in [-0.05, 0) is 12.8 Å². The van der Waals surface area contributed by atoms with Crippen LogP contribution in [0.4, 0.5) is 0 Å². The smallest absolute Gasteiger partial charge is 0.223 e. The van der Waals surface area contributed by atoms with E-state index in [9.17, 15) is 13.2 Å². The largest absolute Gasteiger partial charge is 0.347 e. The molecule has 1 spiro atoms. The van der Waals surface area contributed by atoms with Crippen LogP contribution in [0.1, 0.15) is 32.1 Å². The molecule has 3 aliphatic heterocycles. The highest BCUT2D eigenvalue weighted by atomic mass is 32.2. The molecule has 0 bridgehead atoms. The van der Waals surface area contributed by atoms with Gasteiger partial charge in [0.05, 0.1) is 19.0 Å². The van der Waals surface area contributed by atoms with Gasteiger partial charge in [0, 0.05) is 45.4 Å². The van der Waals surface area contributed by atoms with Gasteiger partial charge in [0.1, 0.15) is 0 Å². The number of ether oxygens (including phenoxy) is 2. The molecule has 0 aromatic rings. The van der Waals surface area contributed by atoms with Gasteiger partial charge in [0.25, 0.3) is 0 Å². The number of amides is 1. The van der Waals surface area contributed by atoms with Gasteiger partial charge in [0.15, 0.2) is 5.79 Å². The minimum atomic E-state index is -3.15. The highest BCUT2D eigenvalue weighted by Gasteiger charge is 2.40. The Balaban J connectivity index is 1.46. The van der Waals surface area contributed by atoms with Crippen LogP contribution in [0.15, 0.2) is 0 Å². The zero-order valence-corrected chi connectivity index (χ0v) is 13.6. The molecule has 0 unspecified atom stereocenters. The second-order valence-electron chi connectivity index (χ2n) is 6.16. The first kappa shape index (κ1) is 16.2. The number of carbonyl (C=O) groups excluding carboxylic acids is 1. The summed E-state index contributed by atoms with van der Waals surface area (Å²) < 4.78 is 36.6. The number of nitrogens with zero attached hydrogens (tertiary/aromatic N) is 2. The van der Waals surface area contributed by atoms with Crippen LogP contribution in [0, 0.1) is 0 Å². The van der Waals surface area contributed by atoms with Crippen LogP contribution < -0.4 is 0 Å². The van der Waals surface area contributed by atoms with Gasteiger partial charge in [-0.1, -0.05) is 0 Å². The molecule has 3 saturated heterocycles. The van der Waals surface area contributed by atoms with Crippen molar-refractivity contribution < 1.29 is 22.7 Å². The van der Waals surface area contributed by atoms with Gasteiger partial charge in [0.2, 0.25) is 15.9 Å². The summed E-state index contributed by atoms with van der Waals surface area (Å²) in [4.78, 5) is 14.1. The van der Waals surface area contributed by atoms with E-state index in [1.807, 2.05) is 0 Å². The Labute approximate surface area is 131 Å². The summed E-state index contributed by atoms with van der Waals surface area (Å²) in [5.74, 6) is -0.247. The molecule has 22 heavy (non-hydrogen) atoms. The lowest BCUT2D eigenvalue weighted by Crippen LogP contribution is -2.48. The van der Waals surface area contributed by atoms with Crippen molar-refractivity contribution in [2.24, 2.45) is 0 Å². The average Bonchev–Trinajstić information content (AvgIpc) is 2.94. The molecule has 0 N–H and O–H groups in total. The fraction of sp³-hybridized carbons (Fsp3) is 0.929. The first-order valence-corrected chi connectivity index (χ1v) is 9.65. The van der Waals surface area contributed by atoms with Crippen molar-refractivity contribution in [1.29, 1.82) is 0 Å². The van der Waals surface area contributed by atoms with Gasteiger partial charge in [-0.15, -0.1) is 0 Å². The third-order valence-electron chi connectivity index (χ3n) is 4.72. The summed E-state index contributed by atoms with van der Waals surface area (Å²) in [6.45, 7) is 3.33. The topological polar surface area (TPSA) is 76.2 Å². The molecule has 0 saturated carbocycles. The molecule has 3 rings (SSSR count). The van der Waals surface area contributed by atoms with E-state index in [1.54, 1.807) is 4.90 Å². The van der Waals surface area contributed by atoms with Crippen LogP contribution in [0.3, 0.4) is 0 Å². The molecular weight excluding hydrogens is 308 g/mol. The Morgan fingerprint density at radius 1 is 1.05 bits per heavy atom. The van der Waals surface area contributed by atoms with Crippen molar-refractivity contribution in [1.82, 2.24) is 9.21 Å². The van der Waals surface area contributed by atoms with Crippen molar-refractivity contribution in [2.75, 3.05) is 45.1 Å². The van der Waals surface area contributed by atoms with Crippen molar-refractivity contribution >= 4 is 15.9 Å². The van der Waals surface area contributed by atoms with E-state index in [0.29, 0.717) is 52.2 Å². The quantitative estimate of drug-likeness (QED) is 0.736.